The predicted molar refractivity (Wildman–Crippen MR) is 84.7 cm³/mol. The number of anilines is 1. The molecule has 1 N–H and O–H groups in total. The maximum absolute atomic E-state index is 12.4. The smallest absolute Gasteiger partial charge is 0.282 e. The topological polar surface area (TPSA) is 70.7 Å². The first kappa shape index (κ1) is 14.9. The van der Waals surface area contributed by atoms with E-state index in [0.717, 1.165) is 0 Å². The number of hydrogen-bond donors (Lipinski definition) is 1. The number of nitrogens with zero attached hydrogens (tertiary/aromatic N) is 3. The molecule has 0 spiro atoms. The van der Waals surface area contributed by atoms with E-state index in [1.807, 2.05) is 0 Å². The fraction of sp³-hybridized carbons (Fsp3) is 0.214. The molecule has 2 aromatic rings. The molecule has 0 fully saturated rings. The Hall–Kier alpha value is -2.05. The number of nitrogens with one attached hydrogen (secondary N) is 1. The van der Waals surface area contributed by atoms with Gasteiger partial charge in [-0.2, -0.15) is 0 Å². The van der Waals surface area contributed by atoms with Crippen molar-refractivity contribution in [2.45, 2.75) is 6.92 Å². The number of halogens is 2. The minimum absolute atomic E-state index is 0.235. The summed E-state index contributed by atoms with van der Waals surface area (Å²) in [6.07, 6.45) is 0. The molecule has 6 nitrogen and oxygen atoms in total. The van der Waals surface area contributed by atoms with E-state index in [4.69, 9.17) is 27.7 Å². The molecule has 22 heavy (non-hydrogen) atoms. The number of guanidine groups is 1. The van der Waals surface area contributed by atoms with Crippen LogP contribution in [0.2, 0.25) is 10.0 Å². The van der Waals surface area contributed by atoms with Crippen LogP contribution in [0.1, 0.15) is 16.2 Å². The first-order chi connectivity index (χ1) is 10.6. The molecule has 1 aromatic heterocycles. The molecule has 8 heteroatoms. The van der Waals surface area contributed by atoms with Gasteiger partial charge < -0.3 is 9.84 Å². The van der Waals surface area contributed by atoms with Crippen molar-refractivity contribution in [2.24, 2.45) is 4.99 Å². The molecule has 1 aliphatic heterocycles. The van der Waals surface area contributed by atoms with Gasteiger partial charge in [-0.1, -0.05) is 34.4 Å². The summed E-state index contributed by atoms with van der Waals surface area (Å²) < 4.78 is 4.94. The van der Waals surface area contributed by atoms with Gasteiger partial charge in [-0.25, -0.2) is 0 Å². The number of amides is 1. The van der Waals surface area contributed by atoms with Gasteiger partial charge in [0.25, 0.3) is 5.91 Å². The Bertz CT molecular complexity index is 737. The third-order valence-corrected chi connectivity index (χ3v) is 3.76. The number of hydrogen-bond acceptors (Lipinski definition) is 5. The zero-order valence-corrected chi connectivity index (χ0v) is 13.1. The highest BCUT2D eigenvalue weighted by atomic mass is 35.5. The summed E-state index contributed by atoms with van der Waals surface area (Å²) in [4.78, 5) is 18.2. The van der Waals surface area contributed by atoms with Crippen molar-refractivity contribution < 1.29 is 9.32 Å². The Kier molecular flexibility index (Phi) is 4.04. The summed E-state index contributed by atoms with van der Waals surface area (Å²) in [6.45, 7) is 2.67. The van der Waals surface area contributed by atoms with Crippen LogP contribution < -0.4 is 5.32 Å². The van der Waals surface area contributed by atoms with Gasteiger partial charge in [0.15, 0.2) is 5.69 Å². The summed E-state index contributed by atoms with van der Waals surface area (Å²) >= 11 is 12.2. The number of aliphatic imine (C=N–C) groups is 1. The van der Waals surface area contributed by atoms with E-state index in [1.54, 1.807) is 31.2 Å². The lowest BCUT2D eigenvalue weighted by Crippen LogP contribution is -2.38. The van der Waals surface area contributed by atoms with Crippen molar-refractivity contribution in [1.82, 2.24) is 10.1 Å². The molecule has 0 atom stereocenters. The van der Waals surface area contributed by atoms with Gasteiger partial charge >= 0.3 is 0 Å². The molecular weight excluding hydrogens is 327 g/mol. The first-order valence-corrected chi connectivity index (χ1v) is 7.32. The van der Waals surface area contributed by atoms with Crippen LogP contribution in [0, 0.1) is 6.92 Å². The molecule has 0 saturated heterocycles. The largest absolute Gasteiger partial charge is 0.361 e. The van der Waals surface area contributed by atoms with E-state index < -0.39 is 0 Å². The van der Waals surface area contributed by atoms with Crippen molar-refractivity contribution in [3.05, 3.63) is 45.8 Å². The van der Waals surface area contributed by atoms with Crippen molar-refractivity contribution >= 4 is 40.8 Å². The van der Waals surface area contributed by atoms with E-state index in [-0.39, 0.29) is 11.6 Å². The molecule has 0 unspecified atom stereocenters. The Balaban J connectivity index is 1.83. The summed E-state index contributed by atoms with van der Waals surface area (Å²) in [6, 6.07) is 6.74. The van der Waals surface area contributed by atoms with Gasteiger partial charge in [-0.3, -0.25) is 14.7 Å². The number of rotatable bonds is 2. The van der Waals surface area contributed by atoms with Gasteiger partial charge in [-0.05, 0) is 19.1 Å². The van der Waals surface area contributed by atoms with Crippen molar-refractivity contribution in [1.29, 1.82) is 0 Å². The fourth-order valence-corrected chi connectivity index (χ4v) is 2.58. The Labute approximate surface area is 136 Å². The van der Waals surface area contributed by atoms with E-state index in [0.29, 0.717) is 40.5 Å². The Morgan fingerprint density at radius 1 is 1.36 bits per heavy atom. The summed E-state index contributed by atoms with van der Waals surface area (Å²) in [7, 11) is 0. The number of benzene rings is 1. The van der Waals surface area contributed by atoms with Gasteiger partial charge in [0.2, 0.25) is 5.96 Å². The molecule has 114 valence electrons. The van der Waals surface area contributed by atoms with E-state index >= 15 is 0 Å². The van der Waals surface area contributed by atoms with Crippen molar-refractivity contribution in [2.75, 3.05) is 18.4 Å². The van der Waals surface area contributed by atoms with Gasteiger partial charge in [-0.15, -0.1) is 0 Å². The summed E-state index contributed by atoms with van der Waals surface area (Å²) in [5, 5.41) is 7.65. The minimum Gasteiger partial charge on any atom is -0.361 e. The quantitative estimate of drug-likeness (QED) is 0.912. The lowest BCUT2D eigenvalue weighted by Gasteiger charge is -2.19. The van der Waals surface area contributed by atoms with Crippen LogP contribution in [0.3, 0.4) is 0 Å². The normalized spacial score (nSPS) is 14.1. The molecule has 0 radical (unpaired) electrons. The second kappa shape index (κ2) is 5.98. The SMILES string of the molecule is Cc1cc(C(=O)N2CCN=C2Nc2c(Cl)cccc2Cl)no1. The summed E-state index contributed by atoms with van der Waals surface area (Å²) in [5.41, 5.74) is 0.750. The molecule has 3 rings (SSSR count). The number of aromatic nitrogens is 1. The van der Waals surface area contributed by atoms with Crippen LogP contribution in [0.4, 0.5) is 5.69 Å². The Morgan fingerprint density at radius 3 is 2.73 bits per heavy atom. The molecule has 0 aliphatic carbocycles. The maximum atomic E-state index is 12.4. The highest BCUT2D eigenvalue weighted by Crippen LogP contribution is 2.30. The van der Waals surface area contributed by atoms with Crippen LogP contribution in [-0.4, -0.2) is 35.0 Å². The number of para-hydroxylation sites is 1. The second-order valence-corrected chi connectivity index (χ2v) is 5.52. The van der Waals surface area contributed by atoms with Gasteiger partial charge in [0.1, 0.15) is 5.76 Å². The number of carbonyl (C=O) groups excluding carboxylic acids is 1. The Morgan fingerprint density at radius 2 is 2.09 bits per heavy atom. The zero-order valence-electron chi connectivity index (χ0n) is 11.6. The highest BCUT2D eigenvalue weighted by Gasteiger charge is 2.27. The van der Waals surface area contributed by atoms with E-state index in [1.165, 1.54) is 4.90 Å². The average Bonchev–Trinajstić information content (AvgIpc) is 3.11. The molecule has 1 aliphatic rings. The second-order valence-electron chi connectivity index (χ2n) is 4.71. The lowest BCUT2D eigenvalue weighted by atomic mass is 10.3. The maximum Gasteiger partial charge on any atom is 0.282 e. The predicted octanol–water partition coefficient (Wildman–Crippen LogP) is 3.21. The molecule has 1 aromatic carbocycles. The monoisotopic (exact) mass is 338 g/mol. The lowest BCUT2D eigenvalue weighted by molar-refractivity contribution is 0.0848. The molecule has 1 amide bonds. The van der Waals surface area contributed by atoms with Crippen molar-refractivity contribution in [3.8, 4) is 0 Å². The molecular formula is C14H12Cl2N4O2. The van der Waals surface area contributed by atoms with Crippen LogP contribution >= 0.6 is 23.2 Å². The third-order valence-electron chi connectivity index (χ3n) is 3.13. The zero-order chi connectivity index (χ0) is 15.7. The number of carbonyl (C=O) groups is 1. The van der Waals surface area contributed by atoms with Gasteiger partial charge in [0, 0.05) is 12.6 Å². The fourth-order valence-electron chi connectivity index (χ4n) is 2.09. The van der Waals surface area contributed by atoms with Crippen LogP contribution in [-0.2, 0) is 0 Å². The van der Waals surface area contributed by atoms with Crippen molar-refractivity contribution in [3.63, 3.8) is 0 Å². The van der Waals surface area contributed by atoms with E-state index in [9.17, 15) is 4.79 Å². The summed E-state index contributed by atoms with van der Waals surface area (Å²) in [5.74, 6) is 0.674. The molecule has 0 saturated carbocycles. The highest BCUT2D eigenvalue weighted by molar-refractivity contribution is 6.39. The van der Waals surface area contributed by atoms with Gasteiger partial charge in [0.05, 0.1) is 22.3 Å². The first-order valence-electron chi connectivity index (χ1n) is 6.57. The molecule has 0 bridgehead atoms. The molecule has 2 heterocycles. The number of aryl methyl sites for hydroxylation is 1. The third kappa shape index (κ3) is 2.80. The minimum atomic E-state index is -0.288. The van der Waals surface area contributed by atoms with E-state index in [2.05, 4.69) is 15.5 Å². The van der Waals surface area contributed by atoms with Crippen LogP contribution in [0.25, 0.3) is 0 Å². The average molecular weight is 339 g/mol. The van der Waals surface area contributed by atoms with Crippen LogP contribution in [0.15, 0.2) is 33.8 Å². The van der Waals surface area contributed by atoms with Crippen LogP contribution in [0.5, 0.6) is 0 Å². The standard InChI is InChI=1S/C14H12Cl2N4O2/c1-8-7-11(19-22-8)13(21)20-6-5-17-14(20)18-12-9(15)3-2-4-10(12)16/h2-4,7H,5-6H2,1H3,(H,17,18).